The summed E-state index contributed by atoms with van der Waals surface area (Å²) in [5.41, 5.74) is 0. The molecule has 106 valence electrons. The molecule has 1 amide bonds. The molecule has 0 fully saturated rings. The average molecular weight is 295 g/mol. The Bertz CT molecular complexity index is 653. The first-order valence-electron chi connectivity index (χ1n) is 6.10. The van der Waals surface area contributed by atoms with Crippen LogP contribution in [0.2, 0.25) is 0 Å². The van der Waals surface area contributed by atoms with Gasteiger partial charge in [0.05, 0.1) is 12.0 Å². The van der Waals surface area contributed by atoms with Crippen LogP contribution in [0.4, 0.5) is 4.39 Å². The van der Waals surface area contributed by atoms with Gasteiger partial charge < -0.3 is 9.64 Å². The van der Waals surface area contributed by atoms with Crippen molar-refractivity contribution in [2.45, 2.75) is 6.92 Å². The first-order valence-corrected chi connectivity index (χ1v) is 6.92. The lowest BCUT2D eigenvalue weighted by Crippen LogP contribution is -2.35. The van der Waals surface area contributed by atoms with Crippen molar-refractivity contribution in [2.75, 3.05) is 20.2 Å². The number of hydrogen-bond donors (Lipinski definition) is 0. The summed E-state index contributed by atoms with van der Waals surface area (Å²) in [5, 5.41) is 0.687. The highest BCUT2D eigenvalue weighted by atomic mass is 32.1. The van der Waals surface area contributed by atoms with Crippen molar-refractivity contribution in [1.29, 1.82) is 0 Å². The zero-order valence-electron chi connectivity index (χ0n) is 11.2. The van der Waals surface area contributed by atoms with Crippen molar-refractivity contribution in [3.05, 3.63) is 35.0 Å². The highest BCUT2D eigenvalue weighted by molar-refractivity contribution is 7.20. The number of halogens is 1. The third-order valence-electron chi connectivity index (χ3n) is 2.91. The maximum Gasteiger partial charge on any atom is 0.325 e. The first kappa shape index (κ1) is 14.5. The highest BCUT2D eigenvalue weighted by Crippen LogP contribution is 2.27. The summed E-state index contributed by atoms with van der Waals surface area (Å²) in [5.74, 6) is -1.05. The fourth-order valence-electron chi connectivity index (χ4n) is 1.82. The fourth-order valence-corrected chi connectivity index (χ4v) is 2.83. The molecule has 0 aliphatic heterocycles. The van der Waals surface area contributed by atoms with E-state index in [2.05, 4.69) is 4.74 Å². The Kier molecular flexibility index (Phi) is 4.34. The summed E-state index contributed by atoms with van der Waals surface area (Å²) in [6.07, 6.45) is 0. The molecule has 1 heterocycles. The van der Waals surface area contributed by atoms with Crippen LogP contribution in [0, 0.1) is 5.82 Å². The highest BCUT2D eigenvalue weighted by Gasteiger charge is 2.19. The van der Waals surface area contributed by atoms with Gasteiger partial charge in [0.1, 0.15) is 12.4 Å². The van der Waals surface area contributed by atoms with Gasteiger partial charge in [0.2, 0.25) is 0 Å². The standard InChI is InChI=1S/C14H14FNO3S/c1-3-16(8-13(17)19-2)14(18)12-7-9-6-10(15)4-5-11(9)20-12/h4-7H,3,8H2,1-2H3. The summed E-state index contributed by atoms with van der Waals surface area (Å²) in [7, 11) is 1.28. The van der Waals surface area contributed by atoms with E-state index in [1.807, 2.05) is 0 Å². The number of rotatable bonds is 4. The van der Waals surface area contributed by atoms with Crippen LogP contribution in [0.15, 0.2) is 24.3 Å². The van der Waals surface area contributed by atoms with Gasteiger partial charge in [-0.1, -0.05) is 0 Å². The van der Waals surface area contributed by atoms with Gasteiger partial charge in [0.15, 0.2) is 0 Å². The third-order valence-corrected chi connectivity index (χ3v) is 4.01. The van der Waals surface area contributed by atoms with E-state index in [0.29, 0.717) is 16.8 Å². The summed E-state index contributed by atoms with van der Waals surface area (Å²) >= 11 is 1.28. The number of nitrogens with zero attached hydrogens (tertiary/aromatic N) is 1. The second kappa shape index (κ2) is 6.00. The maximum atomic E-state index is 13.1. The molecule has 0 atom stereocenters. The minimum absolute atomic E-state index is 0.0888. The minimum Gasteiger partial charge on any atom is -0.468 e. The number of carbonyl (C=O) groups is 2. The molecule has 0 unspecified atom stereocenters. The topological polar surface area (TPSA) is 46.6 Å². The molecule has 0 N–H and O–H groups in total. The molecule has 0 saturated carbocycles. The van der Waals surface area contributed by atoms with Gasteiger partial charge >= 0.3 is 5.97 Å². The Morgan fingerprint density at radius 3 is 2.75 bits per heavy atom. The summed E-state index contributed by atoms with van der Waals surface area (Å²) in [6, 6.07) is 6.03. The molecule has 4 nitrogen and oxygen atoms in total. The van der Waals surface area contributed by atoms with Crippen LogP contribution in [0.1, 0.15) is 16.6 Å². The molecule has 0 spiro atoms. The number of thiophene rings is 1. The molecule has 0 bridgehead atoms. The normalized spacial score (nSPS) is 10.6. The van der Waals surface area contributed by atoms with Crippen molar-refractivity contribution in [3.8, 4) is 0 Å². The molecule has 2 aromatic rings. The molecule has 0 saturated heterocycles. The second-order valence-electron chi connectivity index (χ2n) is 4.19. The number of ether oxygens (including phenoxy) is 1. The lowest BCUT2D eigenvalue weighted by Gasteiger charge is -2.18. The summed E-state index contributed by atoms with van der Waals surface area (Å²) in [4.78, 5) is 25.5. The second-order valence-corrected chi connectivity index (χ2v) is 5.27. The summed E-state index contributed by atoms with van der Waals surface area (Å²) in [6.45, 7) is 2.10. The van der Waals surface area contributed by atoms with Crippen molar-refractivity contribution in [2.24, 2.45) is 0 Å². The lowest BCUT2D eigenvalue weighted by molar-refractivity contribution is -0.141. The number of likely N-dealkylation sites (N-methyl/N-ethyl adjacent to an activating group) is 1. The van der Waals surface area contributed by atoms with E-state index in [0.717, 1.165) is 4.70 Å². The van der Waals surface area contributed by atoms with Gasteiger partial charge in [0.25, 0.3) is 5.91 Å². The molecule has 0 radical (unpaired) electrons. The number of methoxy groups -OCH3 is 1. The maximum absolute atomic E-state index is 13.1. The molecule has 6 heteroatoms. The number of fused-ring (bicyclic) bond motifs is 1. The van der Waals surface area contributed by atoms with Crippen LogP contribution >= 0.6 is 11.3 Å². The van der Waals surface area contributed by atoms with Crippen LogP contribution in [-0.4, -0.2) is 37.0 Å². The number of amides is 1. The van der Waals surface area contributed by atoms with Crippen molar-refractivity contribution >= 4 is 33.3 Å². The lowest BCUT2D eigenvalue weighted by atomic mass is 10.2. The smallest absolute Gasteiger partial charge is 0.325 e. The Hall–Kier alpha value is -1.95. The molecule has 0 aliphatic carbocycles. The SMILES string of the molecule is CCN(CC(=O)OC)C(=O)c1cc2cc(F)ccc2s1. The Morgan fingerprint density at radius 1 is 1.35 bits per heavy atom. The third kappa shape index (κ3) is 2.96. The largest absolute Gasteiger partial charge is 0.468 e. The predicted molar refractivity (Wildman–Crippen MR) is 75.4 cm³/mol. The zero-order valence-corrected chi connectivity index (χ0v) is 12.0. The van der Waals surface area contributed by atoms with E-state index in [-0.39, 0.29) is 18.3 Å². The molecule has 0 aliphatic rings. The van der Waals surface area contributed by atoms with Gasteiger partial charge in [-0.25, -0.2) is 4.39 Å². The van der Waals surface area contributed by atoms with Gasteiger partial charge in [-0.15, -0.1) is 11.3 Å². The van der Waals surface area contributed by atoms with E-state index in [9.17, 15) is 14.0 Å². The number of hydrogen-bond acceptors (Lipinski definition) is 4. The minimum atomic E-state index is -0.465. The van der Waals surface area contributed by atoms with Crippen LogP contribution in [0.5, 0.6) is 0 Å². The van der Waals surface area contributed by atoms with Crippen LogP contribution in [-0.2, 0) is 9.53 Å². The molecule has 20 heavy (non-hydrogen) atoms. The molecule has 1 aromatic heterocycles. The average Bonchev–Trinajstić information content (AvgIpc) is 2.86. The van der Waals surface area contributed by atoms with Gasteiger partial charge in [-0.2, -0.15) is 0 Å². The van der Waals surface area contributed by atoms with E-state index in [1.165, 1.54) is 35.5 Å². The Labute approximate surface area is 119 Å². The summed E-state index contributed by atoms with van der Waals surface area (Å²) < 4.78 is 18.5. The van der Waals surface area contributed by atoms with Gasteiger partial charge in [0, 0.05) is 11.2 Å². The van der Waals surface area contributed by atoms with Crippen LogP contribution in [0.25, 0.3) is 10.1 Å². The van der Waals surface area contributed by atoms with Crippen molar-refractivity contribution in [3.63, 3.8) is 0 Å². The number of benzene rings is 1. The van der Waals surface area contributed by atoms with E-state index in [4.69, 9.17) is 0 Å². The quantitative estimate of drug-likeness (QED) is 0.815. The molecular weight excluding hydrogens is 281 g/mol. The fraction of sp³-hybridized carbons (Fsp3) is 0.286. The Morgan fingerprint density at radius 2 is 2.10 bits per heavy atom. The number of esters is 1. The molecular formula is C14H14FNO3S. The van der Waals surface area contributed by atoms with E-state index < -0.39 is 5.97 Å². The Balaban J connectivity index is 2.27. The van der Waals surface area contributed by atoms with Crippen LogP contribution in [0.3, 0.4) is 0 Å². The first-order chi connectivity index (χ1) is 9.55. The zero-order chi connectivity index (χ0) is 14.7. The van der Waals surface area contributed by atoms with Crippen molar-refractivity contribution < 1.29 is 18.7 Å². The molecule has 2 rings (SSSR count). The van der Waals surface area contributed by atoms with Crippen molar-refractivity contribution in [1.82, 2.24) is 4.90 Å². The predicted octanol–water partition coefficient (Wildman–Crippen LogP) is 2.68. The van der Waals surface area contributed by atoms with Gasteiger partial charge in [-0.05, 0) is 36.6 Å². The van der Waals surface area contributed by atoms with E-state index >= 15 is 0 Å². The number of carbonyl (C=O) groups excluding carboxylic acids is 2. The van der Waals surface area contributed by atoms with Crippen LogP contribution < -0.4 is 0 Å². The molecule has 1 aromatic carbocycles. The van der Waals surface area contributed by atoms with Gasteiger partial charge in [-0.3, -0.25) is 9.59 Å². The monoisotopic (exact) mass is 295 g/mol. The van der Waals surface area contributed by atoms with E-state index in [1.54, 1.807) is 19.1 Å².